The second-order valence-corrected chi connectivity index (χ2v) is 8.31. The van der Waals surface area contributed by atoms with Crippen molar-refractivity contribution in [1.82, 2.24) is 10.2 Å². The smallest absolute Gasteiger partial charge is 0.193 e. The number of methoxy groups -OCH3 is 1. The molecule has 0 amide bonds. The minimum Gasteiger partial charge on any atom is -0.494 e. The molecule has 27 heavy (non-hydrogen) atoms. The van der Waals surface area contributed by atoms with Crippen LogP contribution in [0.15, 0.2) is 23.2 Å². The number of aliphatic imine (C=N–C) groups is 1. The fourth-order valence-electron chi connectivity index (χ4n) is 3.77. The lowest BCUT2D eigenvalue weighted by Gasteiger charge is -2.40. The van der Waals surface area contributed by atoms with Crippen molar-refractivity contribution in [3.63, 3.8) is 0 Å². The Morgan fingerprint density at radius 3 is 2.74 bits per heavy atom. The Hall–Kier alpha value is -1.82. The molecule has 1 aromatic rings. The predicted octanol–water partition coefficient (Wildman–Crippen LogP) is 3.68. The molecule has 0 spiro atoms. The van der Waals surface area contributed by atoms with Crippen LogP contribution in [0.5, 0.6) is 5.75 Å². The molecule has 0 aliphatic carbocycles. The van der Waals surface area contributed by atoms with Gasteiger partial charge in [-0.1, -0.05) is 26.8 Å². The molecule has 6 heteroatoms. The number of nitrogens with one attached hydrogen (secondary N) is 1. The molecule has 1 aliphatic rings. The maximum atomic E-state index is 13.9. The van der Waals surface area contributed by atoms with Crippen LogP contribution in [-0.4, -0.2) is 51.3 Å². The molecule has 1 N–H and O–H groups in total. The molecule has 1 heterocycles. The molecule has 0 radical (unpaired) electrons. The van der Waals surface area contributed by atoms with Crippen LogP contribution in [-0.2, 0) is 11.3 Å². The zero-order valence-corrected chi connectivity index (χ0v) is 17.5. The Morgan fingerprint density at radius 2 is 2.15 bits per heavy atom. The summed E-state index contributed by atoms with van der Waals surface area (Å²) in [6, 6.07) is 5.03. The van der Waals surface area contributed by atoms with E-state index in [9.17, 15) is 4.39 Å². The van der Waals surface area contributed by atoms with Gasteiger partial charge in [0.05, 0.1) is 13.2 Å². The molecular weight excluding hydrogens is 345 g/mol. The van der Waals surface area contributed by atoms with Gasteiger partial charge in [-0.05, 0) is 36.0 Å². The predicted molar refractivity (Wildman–Crippen MR) is 108 cm³/mol. The fraction of sp³-hybridized carbons (Fsp3) is 0.667. The summed E-state index contributed by atoms with van der Waals surface area (Å²) in [5.74, 6) is 1.15. The molecule has 0 aromatic heterocycles. The van der Waals surface area contributed by atoms with Gasteiger partial charge in [0.1, 0.15) is 0 Å². The summed E-state index contributed by atoms with van der Waals surface area (Å²) in [4.78, 5) is 6.38. The van der Waals surface area contributed by atoms with Crippen molar-refractivity contribution in [1.29, 1.82) is 0 Å². The quantitative estimate of drug-likeness (QED) is 0.626. The third-order valence-corrected chi connectivity index (χ3v) is 5.03. The minimum atomic E-state index is -0.348. The summed E-state index contributed by atoms with van der Waals surface area (Å²) in [5, 5.41) is 3.48. The highest BCUT2D eigenvalue weighted by molar-refractivity contribution is 5.79. The summed E-state index contributed by atoms with van der Waals surface area (Å²) < 4.78 is 25.0. The van der Waals surface area contributed by atoms with Gasteiger partial charge < -0.3 is 19.7 Å². The second-order valence-electron chi connectivity index (χ2n) is 8.31. The van der Waals surface area contributed by atoms with E-state index in [-0.39, 0.29) is 23.1 Å². The third-order valence-electron chi connectivity index (χ3n) is 5.03. The van der Waals surface area contributed by atoms with E-state index in [0.717, 1.165) is 37.5 Å². The Balaban J connectivity index is 1.97. The second kappa shape index (κ2) is 9.40. The summed E-state index contributed by atoms with van der Waals surface area (Å²) in [7, 11) is 5.19. The number of halogens is 1. The van der Waals surface area contributed by atoms with Crippen LogP contribution >= 0.6 is 0 Å². The Morgan fingerprint density at radius 1 is 1.41 bits per heavy atom. The van der Waals surface area contributed by atoms with E-state index < -0.39 is 0 Å². The van der Waals surface area contributed by atoms with E-state index in [2.05, 4.69) is 31.1 Å². The molecule has 152 valence electrons. The number of hydrogen-bond acceptors (Lipinski definition) is 3. The van der Waals surface area contributed by atoms with Crippen LogP contribution < -0.4 is 10.1 Å². The van der Waals surface area contributed by atoms with Crippen LogP contribution in [0.1, 0.15) is 39.2 Å². The van der Waals surface area contributed by atoms with Crippen LogP contribution in [0, 0.1) is 17.2 Å². The van der Waals surface area contributed by atoms with Gasteiger partial charge in [-0.2, -0.15) is 0 Å². The Kier molecular flexibility index (Phi) is 7.48. The number of hydrogen-bond donors (Lipinski definition) is 1. The van der Waals surface area contributed by atoms with Crippen molar-refractivity contribution in [3.05, 3.63) is 29.6 Å². The molecule has 2 unspecified atom stereocenters. The standard InChI is InChI=1S/C21H34FN3O2/c1-21(2,3)19-16(8-7-11-27-19)13-24-20(23-4)25(5)14-15-9-10-18(26-6)17(22)12-15/h9-10,12,16,19H,7-8,11,13-14H2,1-6H3,(H,23,24). The topological polar surface area (TPSA) is 46.1 Å². The molecule has 0 saturated carbocycles. The van der Waals surface area contributed by atoms with Gasteiger partial charge in [0.2, 0.25) is 0 Å². The highest BCUT2D eigenvalue weighted by Gasteiger charge is 2.35. The van der Waals surface area contributed by atoms with Crippen molar-refractivity contribution in [2.45, 2.75) is 46.3 Å². The van der Waals surface area contributed by atoms with Crippen molar-refractivity contribution in [2.75, 3.05) is 34.4 Å². The van der Waals surface area contributed by atoms with Gasteiger partial charge in [0.15, 0.2) is 17.5 Å². The van der Waals surface area contributed by atoms with Gasteiger partial charge in [0, 0.05) is 39.7 Å². The summed E-state index contributed by atoms with van der Waals surface area (Å²) >= 11 is 0. The Labute approximate surface area is 162 Å². The minimum absolute atomic E-state index is 0.114. The third kappa shape index (κ3) is 5.83. The first kappa shape index (κ1) is 21.5. The number of nitrogens with zero attached hydrogens (tertiary/aromatic N) is 2. The first-order valence-corrected chi connectivity index (χ1v) is 9.62. The van der Waals surface area contributed by atoms with Gasteiger partial charge >= 0.3 is 0 Å². The summed E-state index contributed by atoms with van der Waals surface area (Å²) in [6.45, 7) is 8.91. The molecule has 1 aromatic carbocycles. The maximum Gasteiger partial charge on any atom is 0.193 e. The summed E-state index contributed by atoms with van der Waals surface area (Å²) in [5.41, 5.74) is 0.982. The highest BCUT2D eigenvalue weighted by Crippen LogP contribution is 2.33. The molecule has 0 bridgehead atoms. The van der Waals surface area contributed by atoms with Crippen LogP contribution in [0.25, 0.3) is 0 Å². The van der Waals surface area contributed by atoms with Crippen molar-refractivity contribution in [3.8, 4) is 5.75 Å². The number of rotatable bonds is 5. The molecule has 2 rings (SSSR count). The van der Waals surface area contributed by atoms with E-state index in [1.807, 2.05) is 18.0 Å². The molecule has 1 aliphatic heterocycles. The van der Waals surface area contributed by atoms with E-state index in [4.69, 9.17) is 9.47 Å². The first-order valence-electron chi connectivity index (χ1n) is 9.62. The van der Waals surface area contributed by atoms with Crippen LogP contribution in [0.2, 0.25) is 0 Å². The van der Waals surface area contributed by atoms with Crippen molar-refractivity contribution < 1.29 is 13.9 Å². The molecule has 2 atom stereocenters. The van der Waals surface area contributed by atoms with Gasteiger partial charge in [-0.15, -0.1) is 0 Å². The average Bonchev–Trinajstić information content (AvgIpc) is 2.62. The van der Waals surface area contributed by atoms with Crippen LogP contribution in [0.3, 0.4) is 0 Å². The number of benzene rings is 1. The summed E-state index contributed by atoms with van der Waals surface area (Å²) in [6.07, 6.45) is 2.48. The maximum absolute atomic E-state index is 13.9. The first-order chi connectivity index (χ1) is 12.8. The van der Waals surface area contributed by atoms with Gasteiger partial charge in [-0.3, -0.25) is 4.99 Å². The molecule has 5 nitrogen and oxygen atoms in total. The molecule has 1 saturated heterocycles. The average molecular weight is 380 g/mol. The lowest BCUT2D eigenvalue weighted by molar-refractivity contribution is -0.0836. The van der Waals surface area contributed by atoms with E-state index in [1.165, 1.54) is 13.2 Å². The van der Waals surface area contributed by atoms with Crippen molar-refractivity contribution in [2.24, 2.45) is 16.3 Å². The SMILES string of the molecule is CN=C(NCC1CCCOC1C(C)(C)C)N(C)Cc1ccc(OC)c(F)c1. The van der Waals surface area contributed by atoms with E-state index in [1.54, 1.807) is 13.1 Å². The number of ether oxygens (including phenoxy) is 2. The zero-order valence-electron chi connectivity index (χ0n) is 17.5. The van der Waals surface area contributed by atoms with Gasteiger partial charge in [-0.25, -0.2) is 4.39 Å². The highest BCUT2D eigenvalue weighted by atomic mass is 19.1. The molecular formula is C21H34FN3O2. The van der Waals surface area contributed by atoms with E-state index >= 15 is 0 Å². The zero-order chi connectivity index (χ0) is 20.0. The Bertz CT molecular complexity index is 643. The fourth-order valence-corrected chi connectivity index (χ4v) is 3.77. The van der Waals surface area contributed by atoms with Gasteiger partial charge in [0.25, 0.3) is 0 Å². The number of guanidine groups is 1. The van der Waals surface area contributed by atoms with Crippen molar-refractivity contribution >= 4 is 5.96 Å². The van der Waals surface area contributed by atoms with Crippen LogP contribution in [0.4, 0.5) is 4.39 Å². The monoisotopic (exact) mass is 379 g/mol. The largest absolute Gasteiger partial charge is 0.494 e. The normalized spacial score (nSPS) is 21.1. The lowest BCUT2D eigenvalue weighted by Crippen LogP contribution is -2.47. The lowest BCUT2D eigenvalue weighted by atomic mass is 9.78. The van der Waals surface area contributed by atoms with E-state index in [0.29, 0.717) is 12.5 Å². The molecule has 1 fully saturated rings.